The Labute approximate surface area is 336 Å². The van der Waals surface area contributed by atoms with Gasteiger partial charge in [0.1, 0.15) is 29.6 Å². The Morgan fingerprint density at radius 2 is 1.17 bits per heavy atom. The van der Waals surface area contributed by atoms with E-state index in [9.17, 15) is 43.3 Å². The Bertz CT molecular complexity index is 2000. The molecule has 3 N–H and O–H groups in total. The highest BCUT2D eigenvalue weighted by atomic mass is 19.1. The van der Waals surface area contributed by atoms with Gasteiger partial charge in [0, 0.05) is 11.8 Å². The molecule has 1 saturated heterocycles. The normalized spacial score (nSPS) is 30.9. The Morgan fingerprint density at radius 3 is 1.74 bits per heavy atom. The summed E-state index contributed by atoms with van der Waals surface area (Å²) in [7, 11) is 0. The number of phenols is 1. The summed E-state index contributed by atoms with van der Waals surface area (Å²) in [5.74, 6) is -7.80. The number of halogens is 3. The lowest BCUT2D eigenvalue weighted by Gasteiger charge is -2.21. The van der Waals surface area contributed by atoms with Gasteiger partial charge in [-0.2, -0.15) is 0 Å². The predicted molar refractivity (Wildman–Crippen MR) is 211 cm³/mol. The second kappa shape index (κ2) is 19.7. The number of ether oxygens (including phenoxy) is 4. The highest BCUT2D eigenvalue weighted by Gasteiger charge is 2.45. The molecule has 0 bridgehead atoms. The SMILES string of the molecule is Cc1cc(C)c2c(c1)/C=C/C[C@@H]1OC(C)(C)OC1C(=O)/C(F)=C\[C@@H](C)[C@H](C)OC2=O.Cc1cc(O)c2c(c1)/C=C/C[C@H](O)C(O)C(=O)/C(F)=C\[C@@H](C)[C@H](C)OC2=O.F. The van der Waals surface area contributed by atoms with E-state index in [1.807, 2.05) is 38.1 Å². The first kappa shape index (κ1) is 47.5. The van der Waals surface area contributed by atoms with Gasteiger partial charge >= 0.3 is 11.9 Å². The second-order valence-electron chi connectivity index (χ2n) is 15.4. The first-order valence-electron chi connectivity index (χ1n) is 18.8. The van der Waals surface area contributed by atoms with Gasteiger partial charge in [0.2, 0.25) is 11.6 Å². The summed E-state index contributed by atoms with van der Waals surface area (Å²) >= 11 is 0. The average Bonchev–Trinajstić information content (AvgIpc) is 3.42. The van der Waals surface area contributed by atoms with Crippen molar-refractivity contribution in [3.05, 3.63) is 99.2 Å². The van der Waals surface area contributed by atoms with Crippen molar-refractivity contribution >= 4 is 35.7 Å². The largest absolute Gasteiger partial charge is 0.507 e. The van der Waals surface area contributed by atoms with Crippen molar-refractivity contribution in [2.24, 2.45) is 11.8 Å². The molecule has 3 aliphatic rings. The van der Waals surface area contributed by atoms with E-state index >= 15 is 0 Å². The van der Waals surface area contributed by atoms with Gasteiger partial charge in [0.15, 0.2) is 23.5 Å². The van der Waals surface area contributed by atoms with Crippen LogP contribution in [-0.2, 0) is 28.5 Å². The molecule has 2 unspecified atom stereocenters. The van der Waals surface area contributed by atoms with Crippen molar-refractivity contribution in [2.75, 3.05) is 0 Å². The lowest BCUT2D eigenvalue weighted by molar-refractivity contribution is -0.153. The summed E-state index contributed by atoms with van der Waals surface area (Å²) in [5.41, 5.74) is 4.06. The number of cyclic esters (lactones) is 2. The van der Waals surface area contributed by atoms with E-state index in [-0.39, 0.29) is 22.4 Å². The third-order valence-electron chi connectivity index (χ3n) is 9.98. The average molecular weight is 815 g/mol. The smallest absolute Gasteiger partial charge is 0.342 e. The maximum Gasteiger partial charge on any atom is 0.342 e. The van der Waals surface area contributed by atoms with E-state index < -0.39 is 89.4 Å². The molecule has 0 spiro atoms. The zero-order valence-corrected chi connectivity index (χ0v) is 34.1. The van der Waals surface area contributed by atoms with Crippen molar-refractivity contribution in [1.82, 2.24) is 0 Å². The molecule has 58 heavy (non-hydrogen) atoms. The van der Waals surface area contributed by atoms with Crippen molar-refractivity contribution < 1.29 is 66.9 Å². The number of aliphatic hydroxyl groups is 2. The number of Topliss-reactive ketones (excluding diaryl/α,β-unsaturated/α-hetero) is 2. The summed E-state index contributed by atoms with van der Waals surface area (Å²) < 4.78 is 51.3. The molecule has 2 aromatic carbocycles. The van der Waals surface area contributed by atoms with Gasteiger partial charge in [-0.05, 0) is 102 Å². The number of aliphatic hydroxyl groups excluding tert-OH is 2. The Hall–Kier alpha value is -4.89. The van der Waals surface area contributed by atoms with Gasteiger partial charge in [-0.15, -0.1) is 0 Å². The van der Waals surface area contributed by atoms with E-state index in [0.717, 1.165) is 22.8 Å². The molecule has 14 heteroatoms. The van der Waals surface area contributed by atoms with Crippen LogP contribution in [-0.4, -0.2) is 81.2 Å². The minimum atomic E-state index is -1.91. The van der Waals surface area contributed by atoms with Crippen LogP contribution in [0.2, 0.25) is 0 Å². The molecule has 1 fully saturated rings. The van der Waals surface area contributed by atoms with Crippen LogP contribution in [0.5, 0.6) is 5.75 Å². The molecule has 11 nitrogen and oxygen atoms in total. The first-order chi connectivity index (χ1) is 26.6. The fourth-order valence-corrected chi connectivity index (χ4v) is 6.60. The van der Waals surface area contributed by atoms with Crippen LogP contribution in [0.4, 0.5) is 13.5 Å². The summed E-state index contributed by atoms with van der Waals surface area (Å²) in [6.07, 6.45) is 2.32. The van der Waals surface area contributed by atoms with Crippen LogP contribution in [0.3, 0.4) is 0 Å². The molecule has 3 aliphatic heterocycles. The van der Waals surface area contributed by atoms with Gasteiger partial charge < -0.3 is 34.3 Å². The highest BCUT2D eigenvalue weighted by Crippen LogP contribution is 2.34. The second-order valence-corrected chi connectivity index (χ2v) is 15.4. The zero-order valence-electron chi connectivity index (χ0n) is 34.1. The molecule has 316 valence electrons. The standard InChI is InChI=1S/C24H29FO5.C20H23FO6.FH/c1-13-10-15(3)20-17(11-13)8-7-9-19-22(30-24(5,6)29-19)21(26)18(25)12-14(2)16(4)28-23(20)27;1-10-7-13-5-4-6-15(22)19(25)18(24)14(21)9-11(2)12(3)27-20(26)17(13)16(23)8-10;/h7-8,10-12,14,16,19,22H,9H2,1-6H3;4-5,7-9,11-12,15,19,22-23,25H,6H2,1-3H3;1H/b8-7+,18-12+;5-4+,14-9+;/t14-,16+,19+,22?;11-,12+,15+,19?;/m11./s1. The molecule has 8 atom stereocenters. The third kappa shape index (κ3) is 11.6. The van der Waals surface area contributed by atoms with Gasteiger partial charge in [-0.25, -0.2) is 18.4 Å². The Kier molecular flexibility index (Phi) is 16.1. The van der Waals surface area contributed by atoms with E-state index in [2.05, 4.69) is 0 Å². The maximum absolute atomic E-state index is 14.7. The summed E-state index contributed by atoms with van der Waals surface area (Å²) in [6.45, 7) is 15.4. The van der Waals surface area contributed by atoms with Crippen molar-refractivity contribution in [3.63, 3.8) is 0 Å². The highest BCUT2D eigenvalue weighted by molar-refractivity contribution is 5.99. The Balaban J connectivity index is 0.000000307. The number of carbonyl (C=O) groups excluding carboxylic acids is 4. The number of ketones is 2. The number of esters is 2. The van der Waals surface area contributed by atoms with Gasteiger partial charge in [-0.1, -0.05) is 61.9 Å². The summed E-state index contributed by atoms with van der Waals surface area (Å²) in [5, 5.41) is 30.0. The zero-order chi connectivity index (χ0) is 42.5. The molecular weight excluding hydrogens is 761 g/mol. The number of benzene rings is 2. The number of hydrogen-bond acceptors (Lipinski definition) is 11. The molecule has 5 rings (SSSR count). The van der Waals surface area contributed by atoms with E-state index in [0.29, 0.717) is 23.1 Å². The van der Waals surface area contributed by atoms with Crippen LogP contribution >= 0.6 is 0 Å². The minimum Gasteiger partial charge on any atom is -0.507 e. The topological polar surface area (TPSA) is 166 Å². The maximum atomic E-state index is 14.7. The van der Waals surface area contributed by atoms with Crippen molar-refractivity contribution in [2.45, 2.75) is 118 Å². The van der Waals surface area contributed by atoms with Gasteiger partial charge in [0.05, 0.1) is 17.8 Å². The molecule has 0 aliphatic carbocycles. The van der Waals surface area contributed by atoms with Crippen LogP contribution < -0.4 is 0 Å². The number of rotatable bonds is 0. The number of fused-ring (bicyclic) bond motifs is 3. The van der Waals surface area contributed by atoms with Crippen LogP contribution in [0.15, 0.2) is 60.2 Å². The fraction of sp³-hybridized carbons (Fsp3) is 0.455. The lowest BCUT2D eigenvalue weighted by Crippen LogP contribution is -2.34. The van der Waals surface area contributed by atoms with E-state index in [4.69, 9.17) is 18.9 Å². The molecule has 0 amide bonds. The van der Waals surface area contributed by atoms with Gasteiger partial charge in [-0.3, -0.25) is 14.3 Å². The number of carbonyl (C=O) groups is 4. The first-order valence-corrected chi connectivity index (χ1v) is 18.8. The van der Waals surface area contributed by atoms with E-state index in [1.165, 1.54) is 38.1 Å². The van der Waals surface area contributed by atoms with Crippen molar-refractivity contribution in [3.8, 4) is 5.75 Å². The molecule has 0 radical (unpaired) electrons. The summed E-state index contributed by atoms with van der Waals surface area (Å²) in [6, 6.07) is 6.91. The quantitative estimate of drug-likeness (QED) is 0.226. The minimum absolute atomic E-state index is 0. The Morgan fingerprint density at radius 1 is 0.690 bits per heavy atom. The molecule has 0 saturated carbocycles. The molecule has 0 aromatic heterocycles. The van der Waals surface area contributed by atoms with Gasteiger partial charge in [0.25, 0.3) is 0 Å². The fourth-order valence-electron chi connectivity index (χ4n) is 6.60. The van der Waals surface area contributed by atoms with Crippen molar-refractivity contribution in [1.29, 1.82) is 0 Å². The number of aryl methyl sites for hydroxylation is 3. The molecule has 3 heterocycles. The molecular formula is C44H53F3O11. The number of aromatic hydroxyl groups is 1. The molecule has 2 aromatic rings. The van der Waals surface area contributed by atoms with Crippen LogP contribution in [0.1, 0.15) is 103 Å². The number of hydrogen-bond donors (Lipinski definition) is 3. The lowest BCUT2D eigenvalue weighted by atomic mass is 9.96. The van der Waals surface area contributed by atoms with E-state index in [1.54, 1.807) is 40.7 Å². The number of phenolic OH excluding ortho intramolecular Hbond substituents is 1. The van der Waals surface area contributed by atoms with Crippen LogP contribution in [0, 0.1) is 32.6 Å². The summed E-state index contributed by atoms with van der Waals surface area (Å²) in [4.78, 5) is 50.1. The monoisotopic (exact) mass is 814 g/mol. The predicted octanol–water partition coefficient (Wildman–Crippen LogP) is 7.44. The third-order valence-corrected chi connectivity index (χ3v) is 9.98. The van der Waals surface area contributed by atoms with Crippen LogP contribution in [0.25, 0.3) is 12.2 Å².